The molecule has 0 fully saturated rings. The van der Waals surface area contributed by atoms with Crippen LogP contribution in [0.2, 0.25) is 0 Å². The zero-order valence-electron chi connectivity index (χ0n) is 21.8. The van der Waals surface area contributed by atoms with Crippen molar-refractivity contribution in [3.05, 3.63) is 89.5 Å². The van der Waals surface area contributed by atoms with Gasteiger partial charge in [0.2, 0.25) is 0 Å². The van der Waals surface area contributed by atoms with Crippen molar-refractivity contribution < 1.29 is 37.7 Å². The second-order valence-electron chi connectivity index (χ2n) is 9.49. The molecule has 208 valence electrons. The normalized spacial score (nSPS) is 13.1. The molecule has 0 aliphatic carbocycles. The fourth-order valence-corrected chi connectivity index (χ4v) is 4.21. The Balaban J connectivity index is 1.70. The zero-order chi connectivity index (χ0) is 28.4. The van der Waals surface area contributed by atoms with Gasteiger partial charge < -0.3 is 14.9 Å². The number of carbonyl (C=O) groups is 2. The molecule has 3 aromatic carbocycles. The lowest BCUT2D eigenvalue weighted by Crippen LogP contribution is -2.20. The number of hydrogen-bond donors (Lipinski definition) is 2. The van der Waals surface area contributed by atoms with E-state index >= 15 is 0 Å². The molecule has 3 aromatic rings. The molecule has 0 bridgehead atoms. The monoisotopic (exact) mass is 542 g/mol. The highest BCUT2D eigenvalue weighted by Gasteiger charge is 2.30. The SMILES string of the molecule is CCCCCCC(Oc1ccc(-c2ccc(C(F)(F)F)cc2)cc1)c1ccc(C(=O)CC[C@H](O)C(=O)O)cc1. The molecular formula is C31H33F3O5. The van der Waals surface area contributed by atoms with Crippen LogP contribution in [0.5, 0.6) is 5.75 Å². The van der Waals surface area contributed by atoms with Crippen molar-refractivity contribution >= 4 is 11.8 Å². The number of aliphatic carboxylic acids is 1. The molecule has 0 spiro atoms. The summed E-state index contributed by atoms with van der Waals surface area (Å²) in [4.78, 5) is 23.2. The number of carboxylic acid groups (broad SMARTS) is 1. The molecule has 2 N–H and O–H groups in total. The lowest BCUT2D eigenvalue weighted by atomic mass is 9.98. The number of rotatable bonds is 14. The van der Waals surface area contributed by atoms with Gasteiger partial charge in [-0.25, -0.2) is 4.79 Å². The number of aliphatic hydroxyl groups excluding tert-OH is 1. The highest BCUT2D eigenvalue weighted by molar-refractivity contribution is 5.96. The van der Waals surface area contributed by atoms with Gasteiger partial charge in [0.15, 0.2) is 11.9 Å². The predicted octanol–water partition coefficient (Wildman–Crippen LogP) is 7.87. The third kappa shape index (κ3) is 8.96. The minimum atomic E-state index is -4.38. The number of carboxylic acids is 1. The Hall–Kier alpha value is -3.65. The first-order chi connectivity index (χ1) is 18.6. The van der Waals surface area contributed by atoms with Gasteiger partial charge in [0.1, 0.15) is 11.9 Å². The zero-order valence-corrected chi connectivity index (χ0v) is 21.8. The Morgan fingerprint density at radius 1 is 0.821 bits per heavy atom. The number of halogens is 3. The van der Waals surface area contributed by atoms with Gasteiger partial charge in [0.05, 0.1) is 5.56 Å². The summed E-state index contributed by atoms with van der Waals surface area (Å²) < 4.78 is 44.9. The van der Waals surface area contributed by atoms with E-state index in [9.17, 15) is 27.9 Å². The molecule has 3 rings (SSSR count). The van der Waals surface area contributed by atoms with Crippen molar-refractivity contribution in [1.82, 2.24) is 0 Å². The van der Waals surface area contributed by atoms with Crippen LogP contribution >= 0.6 is 0 Å². The molecule has 39 heavy (non-hydrogen) atoms. The van der Waals surface area contributed by atoms with E-state index in [0.29, 0.717) is 16.9 Å². The van der Waals surface area contributed by atoms with E-state index in [1.54, 1.807) is 36.4 Å². The molecular weight excluding hydrogens is 509 g/mol. The molecule has 0 amide bonds. The fraction of sp³-hybridized carbons (Fsp3) is 0.355. The van der Waals surface area contributed by atoms with Crippen molar-refractivity contribution in [3.8, 4) is 16.9 Å². The van der Waals surface area contributed by atoms with Crippen molar-refractivity contribution in [2.45, 2.75) is 70.3 Å². The minimum Gasteiger partial charge on any atom is -0.486 e. The average Bonchev–Trinajstić information content (AvgIpc) is 2.93. The highest BCUT2D eigenvalue weighted by atomic mass is 19.4. The van der Waals surface area contributed by atoms with Gasteiger partial charge in [-0.05, 0) is 60.2 Å². The maximum absolute atomic E-state index is 12.9. The Kier molecular flexibility index (Phi) is 10.7. The number of aliphatic hydroxyl groups is 1. The summed E-state index contributed by atoms with van der Waals surface area (Å²) in [5.41, 5.74) is 2.07. The molecule has 1 unspecified atom stereocenters. The third-order valence-corrected chi connectivity index (χ3v) is 6.53. The molecule has 0 radical (unpaired) electrons. The van der Waals surface area contributed by atoms with E-state index in [4.69, 9.17) is 9.84 Å². The van der Waals surface area contributed by atoms with Crippen LogP contribution in [-0.2, 0) is 11.0 Å². The lowest BCUT2D eigenvalue weighted by Gasteiger charge is -2.20. The van der Waals surface area contributed by atoms with Gasteiger partial charge in [-0.1, -0.05) is 74.7 Å². The third-order valence-electron chi connectivity index (χ3n) is 6.53. The smallest absolute Gasteiger partial charge is 0.416 e. The summed E-state index contributed by atoms with van der Waals surface area (Å²) in [6, 6.07) is 19.2. The Bertz CT molecular complexity index is 1200. The maximum atomic E-state index is 12.9. The molecule has 0 aliphatic heterocycles. The van der Waals surface area contributed by atoms with E-state index in [0.717, 1.165) is 55.4 Å². The van der Waals surface area contributed by atoms with E-state index in [1.165, 1.54) is 12.1 Å². The van der Waals surface area contributed by atoms with Gasteiger partial charge in [0, 0.05) is 12.0 Å². The second kappa shape index (κ2) is 13.9. The van der Waals surface area contributed by atoms with Gasteiger partial charge in [-0.15, -0.1) is 0 Å². The number of ketones is 1. The second-order valence-corrected chi connectivity index (χ2v) is 9.49. The van der Waals surface area contributed by atoms with Crippen LogP contribution in [0.15, 0.2) is 72.8 Å². The van der Waals surface area contributed by atoms with Gasteiger partial charge in [-0.2, -0.15) is 13.2 Å². The Morgan fingerprint density at radius 3 is 1.95 bits per heavy atom. The summed E-state index contributed by atoms with van der Waals surface area (Å²) in [5.74, 6) is -0.983. The lowest BCUT2D eigenvalue weighted by molar-refractivity contribution is -0.146. The summed E-state index contributed by atoms with van der Waals surface area (Å²) in [6.45, 7) is 2.14. The number of hydrogen-bond acceptors (Lipinski definition) is 4. The van der Waals surface area contributed by atoms with Gasteiger partial charge in [-0.3, -0.25) is 4.79 Å². The van der Waals surface area contributed by atoms with E-state index in [1.807, 2.05) is 12.1 Å². The van der Waals surface area contributed by atoms with Gasteiger partial charge in [0.25, 0.3) is 0 Å². The largest absolute Gasteiger partial charge is 0.486 e. The maximum Gasteiger partial charge on any atom is 0.416 e. The van der Waals surface area contributed by atoms with Gasteiger partial charge >= 0.3 is 12.1 Å². The van der Waals surface area contributed by atoms with Crippen molar-refractivity contribution in [3.63, 3.8) is 0 Å². The average molecular weight is 543 g/mol. The van der Waals surface area contributed by atoms with Crippen LogP contribution in [0.25, 0.3) is 11.1 Å². The van der Waals surface area contributed by atoms with Crippen molar-refractivity contribution in [1.29, 1.82) is 0 Å². The van der Waals surface area contributed by atoms with E-state index < -0.39 is 23.8 Å². The molecule has 2 atom stereocenters. The fourth-order valence-electron chi connectivity index (χ4n) is 4.21. The molecule has 8 heteroatoms. The van der Waals surface area contributed by atoms with Crippen LogP contribution in [0.3, 0.4) is 0 Å². The first-order valence-corrected chi connectivity index (χ1v) is 13.1. The number of Topliss-reactive ketones (excluding diaryl/α,β-unsaturated/α-hetero) is 1. The highest BCUT2D eigenvalue weighted by Crippen LogP contribution is 2.32. The van der Waals surface area contributed by atoms with Crippen molar-refractivity contribution in [2.24, 2.45) is 0 Å². The predicted molar refractivity (Wildman–Crippen MR) is 143 cm³/mol. The first-order valence-electron chi connectivity index (χ1n) is 13.1. The minimum absolute atomic E-state index is 0.0744. The molecule has 0 aliphatic rings. The summed E-state index contributed by atoms with van der Waals surface area (Å²) in [6.07, 6.45) is -1.45. The molecule has 0 saturated carbocycles. The van der Waals surface area contributed by atoms with Crippen LogP contribution in [0.1, 0.15) is 79.5 Å². The van der Waals surface area contributed by atoms with E-state index in [2.05, 4.69) is 6.92 Å². The van der Waals surface area contributed by atoms with Crippen LogP contribution in [0.4, 0.5) is 13.2 Å². The number of ether oxygens (including phenoxy) is 1. The van der Waals surface area contributed by atoms with Crippen LogP contribution in [0, 0.1) is 0 Å². The van der Waals surface area contributed by atoms with Crippen LogP contribution < -0.4 is 4.74 Å². The number of unbranched alkanes of at least 4 members (excludes halogenated alkanes) is 3. The quantitative estimate of drug-likeness (QED) is 0.160. The summed E-state index contributed by atoms with van der Waals surface area (Å²) in [5, 5.41) is 18.2. The topological polar surface area (TPSA) is 83.8 Å². The molecule has 0 aromatic heterocycles. The van der Waals surface area contributed by atoms with Crippen LogP contribution in [-0.4, -0.2) is 28.1 Å². The Morgan fingerprint density at radius 2 is 1.41 bits per heavy atom. The summed E-state index contributed by atoms with van der Waals surface area (Å²) in [7, 11) is 0. The molecule has 0 saturated heterocycles. The number of alkyl halides is 3. The number of benzene rings is 3. The molecule has 0 heterocycles. The summed E-state index contributed by atoms with van der Waals surface area (Å²) >= 11 is 0. The van der Waals surface area contributed by atoms with Crippen molar-refractivity contribution in [2.75, 3.05) is 0 Å². The molecule has 5 nitrogen and oxygen atoms in total. The number of carbonyl (C=O) groups excluding carboxylic acids is 1. The van der Waals surface area contributed by atoms with E-state index in [-0.39, 0.29) is 24.7 Å². The first kappa shape index (κ1) is 29.9. The standard InChI is InChI=1S/C31H33F3O5/c1-2-3-4-5-6-29(24-9-7-23(8-10-24)27(35)19-20-28(36)30(37)38)39-26-17-13-22(14-18-26)21-11-15-25(16-12-21)31(32,33)34/h7-18,28-29,36H,2-6,19-20H2,1H3,(H,37,38)/t28-,29?/m0/s1. The Labute approximate surface area is 226 Å².